The molecule has 0 aliphatic heterocycles. The fraction of sp³-hybridized carbons (Fsp3) is 0.467. The maximum absolute atomic E-state index is 6.36. The van der Waals surface area contributed by atoms with E-state index < -0.39 is 0 Å². The summed E-state index contributed by atoms with van der Waals surface area (Å²) in [6.07, 6.45) is 6.80. The van der Waals surface area contributed by atoms with Crippen LogP contribution in [0.4, 0.5) is 0 Å². The van der Waals surface area contributed by atoms with Crippen molar-refractivity contribution >= 4 is 22.9 Å². The molecule has 0 unspecified atom stereocenters. The standard InChI is InChI=1S/C15H17ClN2S/c1-2-10-8-9-13(19-10)15-17-12-7-5-3-4-6-11(12)14(16)18-15/h8-9H,2-7H2,1H3. The van der Waals surface area contributed by atoms with Crippen LogP contribution in [-0.2, 0) is 19.3 Å². The van der Waals surface area contributed by atoms with Crippen LogP contribution in [0.2, 0.25) is 5.15 Å². The summed E-state index contributed by atoms with van der Waals surface area (Å²) < 4.78 is 0. The van der Waals surface area contributed by atoms with E-state index in [-0.39, 0.29) is 0 Å². The summed E-state index contributed by atoms with van der Waals surface area (Å²) in [4.78, 5) is 11.8. The fourth-order valence-electron chi connectivity index (χ4n) is 2.52. The van der Waals surface area contributed by atoms with Gasteiger partial charge in [0.2, 0.25) is 0 Å². The SMILES string of the molecule is CCc1ccc(-c2nc(Cl)c3c(n2)CCCCC3)s1. The van der Waals surface area contributed by atoms with Gasteiger partial charge in [-0.05, 0) is 44.2 Å². The number of hydrogen-bond donors (Lipinski definition) is 0. The first-order valence-corrected chi connectivity index (χ1v) is 8.11. The van der Waals surface area contributed by atoms with Gasteiger partial charge >= 0.3 is 0 Å². The lowest BCUT2D eigenvalue weighted by Crippen LogP contribution is -2.01. The zero-order valence-corrected chi connectivity index (χ0v) is 12.7. The number of thiophene rings is 1. The predicted octanol–water partition coefficient (Wildman–Crippen LogP) is 4.69. The molecule has 0 aromatic carbocycles. The van der Waals surface area contributed by atoms with Crippen molar-refractivity contribution in [3.8, 4) is 10.7 Å². The highest BCUT2D eigenvalue weighted by molar-refractivity contribution is 7.15. The van der Waals surface area contributed by atoms with E-state index in [0.29, 0.717) is 5.15 Å². The van der Waals surface area contributed by atoms with Gasteiger partial charge in [-0.2, -0.15) is 0 Å². The van der Waals surface area contributed by atoms with Crippen LogP contribution in [-0.4, -0.2) is 9.97 Å². The summed E-state index contributed by atoms with van der Waals surface area (Å²) in [7, 11) is 0. The van der Waals surface area contributed by atoms with Gasteiger partial charge in [0.05, 0.1) is 4.88 Å². The molecule has 0 atom stereocenters. The van der Waals surface area contributed by atoms with Gasteiger partial charge in [-0.15, -0.1) is 11.3 Å². The Labute approximate surface area is 122 Å². The normalized spacial score (nSPS) is 15.1. The van der Waals surface area contributed by atoms with E-state index in [0.717, 1.165) is 30.0 Å². The molecule has 1 aliphatic rings. The Morgan fingerprint density at radius 2 is 2.00 bits per heavy atom. The van der Waals surface area contributed by atoms with Gasteiger partial charge in [-0.25, -0.2) is 9.97 Å². The van der Waals surface area contributed by atoms with Crippen LogP contribution in [0.15, 0.2) is 12.1 Å². The number of rotatable bonds is 2. The van der Waals surface area contributed by atoms with Gasteiger partial charge in [0, 0.05) is 16.1 Å². The molecule has 0 fully saturated rings. The van der Waals surface area contributed by atoms with Crippen molar-refractivity contribution in [1.82, 2.24) is 9.97 Å². The highest BCUT2D eigenvalue weighted by atomic mass is 35.5. The number of aromatic nitrogens is 2. The summed E-state index contributed by atoms with van der Waals surface area (Å²) in [6, 6.07) is 4.27. The third-order valence-electron chi connectivity index (χ3n) is 3.61. The van der Waals surface area contributed by atoms with Crippen molar-refractivity contribution in [2.45, 2.75) is 45.4 Å². The quantitative estimate of drug-likeness (QED) is 0.593. The van der Waals surface area contributed by atoms with Crippen LogP contribution in [0.3, 0.4) is 0 Å². The second-order valence-corrected chi connectivity index (χ2v) is 6.47. The number of hydrogen-bond acceptors (Lipinski definition) is 3. The Bertz CT molecular complexity index is 592. The Kier molecular flexibility index (Phi) is 3.85. The third-order valence-corrected chi connectivity index (χ3v) is 5.15. The highest BCUT2D eigenvalue weighted by Gasteiger charge is 2.17. The first-order chi connectivity index (χ1) is 9.28. The molecule has 0 bridgehead atoms. The van der Waals surface area contributed by atoms with Crippen molar-refractivity contribution in [2.75, 3.05) is 0 Å². The molecular weight excluding hydrogens is 276 g/mol. The van der Waals surface area contributed by atoms with Gasteiger partial charge < -0.3 is 0 Å². The maximum Gasteiger partial charge on any atom is 0.171 e. The van der Waals surface area contributed by atoms with E-state index in [9.17, 15) is 0 Å². The van der Waals surface area contributed by atoms with Crippen molar-refractivity contribution in [3.05, 3.63) is 33.4 Å². The third kappa shape index (κ3) is 2.67. The number of aryl methyl sites for hydroxylation is 2. The lowest BCUT2D eigenvalue weighted by molar-refractivity contribution is 0.709. The van der Waals surface area contributed by atoms with Crippen molar-refractivity contribution in [2.24, 2.45) is 0 Å². The second kappa shape index (κ2) is 5.59. The topological polar surface area (TPSA) is 25.8 Å². The van der Waals surface area contributed by atoms with Crippen LogP contribution in [0.25, 0.3) is 10.7 Å². The average molecular weight is 293 g/mol. The Hall–Kier alpha value is -0.930. The molecule has 19 heavy (non-hydrogen) atoms. The minimum atomic E-state index is 0.661. The first-order valence-electron chi connectivity index (χ1n) is 6.92. The Morgan fingerprint density at radius 1 is 1.16 bits per heavy atom. The lowest BCUT2D eigenvalue weighted by Gasteiger charge is -2.08. The van der Waals surface area contributed by atoms with Crippen LogP contribution < -0.4 is 0 Å². The van der Waals surface area contributed by atoms with Crippen molar-refractivity contribution in [3.63, 3.8) is 0 Å². The fourth-order valence-corrected chi connectivity index (χ4v) is 3.69. The summed E-state index contributed by atoms with van der Waals surface area (Å²) in [5, 5.41) is 0.661. The van der Waals surface area contributed by atoms with E-state index >= 15 is 0 Å². The van der Waals surface area contributed by atoms with E-state index in [1.807, 2.05) is 0 Å². The summed E-state index contributed by atoms with van der Waals surface area (Å²) in [6.45, 7) is 2.17. The van der Waals surface area contributed by atoms with E-state index in [1.165, 1.54) is 35.4 Å². The van der Waals surface area contributed by atoms with Gasteiger partial charge in [0.15, 0.2) is 5.82 Å². The van der Waals surface area contributed by atoms with Gasteiger partial charge in [-0.3, -0.25) is 0 Å². The first kappa shape index (κ1) is 13.1. The molecule has 1 aliphatic carbocycles. The van der Waals surface area contributed by atoms with Crippen molar-refractivity contribution in [1.29, 1.82) is 0 Å². The molecule has 100 valence electrons. The predicted molar refractivity (Wildman–Crippen MR) is 81.0 cm³/mol. The smallest absolute Gasteiger partial charge is 0.171 e. The van der Waals surface area contributed by atoms with Gasteiger partial charge in [0.25, 0.3) is 0 Å². The molecule has 0 saturated carbocycles. The molecule has 0 radical (unpaired) electrons. The zero-order chi connectivity index (χ0) is 13.2. The molecule has 0 spiro atoms. The zero-order valence-electron chi connectivity index (χ0n) is 11.1. The molecule has 2 aromatic rings. The van der Waals surface area contributed by atoms with Crippen LogP contribution in [0, 0.1) is 0 Å². The number of nitrogens with zero attached hydrogens (tertiary/aromatic N) is 2. The molecule has 2 heterocycles. The van der Waals surface area contributed by atoms with Gasteiger partial charge in [0.1, 0.15) is 5.15 Å². The Morgan fingerprint density at radius 3 is 2.79 bits per heavy atom. The highest BCUT2D eigenvalue weighted by Crippen LogP contribution is 2.30. The van der Waals surface area contributed by atoms with Crippen LogP contribution >= 0.6 is 22.9 Å². The Balaban J connectivity index is 2.03. The molecule has 4 heteroatoms. The number of halogens is 1. The van der Waals surface area contributed by atoms with Crippen molar-refractivity contribution < 1.29 is 0 Å². The number of fused-ring (bicyclic) bond motifs is 1. The lowest BCUT2D eigenvalue weighted by atomic mass is 10.1. The second-order valence-electron chi connectivity index (χ2n) is 4.94. The molecule has 2 aromatic heterocycles. The molecule has 2 nitrogen and oxygen atoms in total. The summed E-state index contributed by atoms with van der Waals surface area (Å²) in [5.74, 6) is 0.801. The summed E-state index contributed by atoms with van der Waals surface area (Å²) >= 11 is 8.13. The molecule has 0 saturated heterocycles. The molecule has 0 N–H and O–H groups in total. The average Bonchev–Trinajstić information content (AvgIpc) is 2.77. The van der Waals surface area contributed by atoms with Gasteiger partial charge in [-0.1, -0.05) is 24.9 Å². The maximum atomic E-state index is 6.36. The molecular formula is C15H17ClN2S. The van der Waals surface area contributed by atoms with E-state index in [2.05, 4.69) is 24.0 Å². The molecule has 0 amide bonds. The van der Waals surface area contributed by atoms with Crippen LogP contribution in [0.5, 0.6) is 0 Å². The van der Waals surface area contributed by atoms with E-state index in [4.69, 9.17) is 16.6 Å². The largest absolute Gasteiger partial charge is 0.232 e. The minimum absolute atomic E-state index is 0.661. The monoisotopic (exact) mass is 292 g/mol. The summed E-state index contributed by atoms with van der Waals surface area (Å²) in [5.41, 5.74) is 2.34. The van der Waals surface area contributed by atoms with E-state index in [1.54, 1.807) is 11.3 Å². The molecule has 3 rings (SSSR count). The minimum Gasteiger partial charge on any atom is -0.232 e. The van der Waals surface area contributed by atoms with Crippen LogP contribution in [0.1, 0.15) is 42.3 Å².